The smallest absolute Gasteiger partial charge is 0.257 e. The van der Waals surface area contributed by atoms with Gasteiger partial charge in [0.2, 0.25) is 0 Å². The molecule has 0 N–H and O–H groups in total. The molecule has 0 spiro atoms. The van der Waals surface area contributed by atoms with Gasteiger partial charge in [-0.05, 0) is 48.9 Å². The number of carbonyl (C=O) groups excluding carboxylic acids is 2. The zero-order valence-electron chi connectivity index (χ0n) is 16.7. The molecule has 0 aliphatic carbocycles. The predicted octanol–water partition coefficient (Wildman–Crippen LogP) is 4.00. The fourth-order valence-corrected chi connectivity index (χ4v) is 3.17. The summed E-state index contributed by atoms with van der Waals surface area (Å²) in [4.78, 5) is 28.3. The Balaban J connectivity index is 1.72. The second-order valence-electron chi connectivity index (χ2n) is 6.87. The molecular formula is C22H23BrN4O2. The van der Waals surface area contributed by atoms with Gasteiger partial charge in [-0.1, -0.05) is 28.1 Å². The molecule has 0 fully saturated rings. The van der Waals surface area contributed by atoms with Crippen LogP contribution in [-0.4, -0.2) is 52.0 Å². The van der Waals surface area contributed by atoms with Crippen LogP contribution < -0.4 is 0 Å². The molecule has 0 saturated carbocycles. The first kappa shape index (κ1) is 20.8. The van der Waals surface area contributed by atoms with Crippen molar-refractivity contribution in [2.24, 2.45) is 0 Å². The van der Waals surface area contributed by atoms with Crippen molar-refractivity contribution in [1.82, 2.24) is 19.6 Å². The summed E-state index contributed by atoms with van der Waals surface area (Å²) in [5.41, 5.74) is 3.02. The Morgan fingerprint density at radius 3 is 2.21 bits per heavy atom. The van der Waals surface area contributed by atoms with E-state index >= 15 is 0 Å². The quantitative estimate of drug-likeness (QED) is 0.565. The summed E-state index contributed by atoms with van der Waals surface area (Å²) in [6.07, 6.45) is 3.33. The molecule has 1 aromatic heterocycles. The molecule has 0 bridgehead atoms. The number of hydrogen-bond acceptors (Lipinski definition) is 3. The van der Waals surface area contributed by atoms with Crippen LogP contribution >= 0.6 is 15.9 Å². The minimum absolute atomic E-state index is 0.0414. The number of amides is 2. The summed E-state index contributed by atoms with van der Waals surface area (Å²) in [7, 11) is 3.45. The van der Waals surface area contributed by atoms with Gasteiger partial charge in [0.25, 0.3) is 11.8 Å². The average Bonchev–Trinajstić information content (AvgIpc) is 3.22. The SMILES string of the molecule is CCN(Cc1ccc(C(=O)N(C)C)cc1)C(=O)c1cnn(-c2ccc(Br)cc2)c1. The van der Waals surface area contributed by atoms with Gasteiger partial charge in [-0.2, -0.15) is 5.10 Å². The maximum atomic E-state index is 12.9. The van der Waals surface area contributed by atoms with Crippen LogP contribution in [0.4, 0.5) is 0 Å². The molecule has 0 aliphatic heterocycles. The Hall–Kier alpha value is -2.93. The largest absolute Gasteiger partial charge is 0.345 e. The van der Waals surface area contributed by atoms with E-state index in [9.17, 15) is 9.59 Å². The number of hydrogen-bond donors (Lipinski definition) is 0. The Morgan fingerprint density at radius 1 is 0.966 bits per heavy atom. The minimum Gasteiger partial charge on any atom is -0.345 e. The maximum Gasteiger partial charge on any atom is 0.257 e. The van der Waals surface area contributed by atoms with Gasteiger partial charge in [-0.25, -0.2) is 4.68 Å². The standard InChI is InChI=1S/C22H23BrN4O2/c1-4-26(14-16-5-7-17(8-6-16)21(28)25(2)3)22(29)18-13-24-27(15-18)20-11-9-19(23)10-12-20/h5-13,15H,4,14H2,1-3H3. The Labute approximate surface area is 178 Å². The van der Waals surface area contributed by atoms with Crippen LogP contribution in [0.15, 0.2) is 65.4 Å². The number of rotatable bonds is 6. The fourth-order valence-electron chi connectivity index (χ4n) is 2.91. The van der Waals surface area contributed by atoms with E-state index in [0.717, 1.165) is 15.7 Å². The van der Waals surface area contributed by atoms with Gasteiger partial charge in [0.1, 0.15) is 0 Å². The van der Waals surface area contributed by atoms with Gasteiger partial charge in [0.15, 0.2) is 0 Å². The topological polar surface area (TPSA) is 58.4 Å². The second kappa shape index (κ2) is 9.05. The highest BCUT2D eigenvalue weighted by molar-refractivity contribution is 9.10. The third-order valence-electron chi connectivity index (χ3n) is 4.57. The lowest BCUT2D eigenvalue weighted by molar-refractivity contribution is 0.0751. The van der Waals surface area contributed by atoms with Crippen LogP contribution in [0.2, 0.25) is 0 Å². The molecule has 3 aromatic rings. The molecule has 0 unspecified atom stereocenters. The summed E-state index contributed by atoms with van der Waals surface area (Å²) in [6, 6.07) is 15.1. The summed E-state index contributed by atoms with van der Waals surface area (Å²) in [5.74, 6) is -0.121. The van der Waals surface area contributed by atoms with Gasteiger partial charge in [0.05, 0.1) is 17.4 Å². The highest BCUT2D eigenvalue weighted by Crippen LogP contribution is 2.16. The Kier molecular flexibility index (Phi) is 6.49. The van der Waals surface area contributed by atoms with Crippen molar-refractivity contribution >= 4 is 27.7 Å². The van der Waals surface area contributed by atoms with Gasteiger partial charge in [-0.15, -0.1) is 0 Å². The molecule has 150 valence electrons. The lowest BCUT2D eigenvalue weighted by atomic mass is 10.1. The van der Waals surface area contributed by atoms with Crippen LogP contribution in [0.1, 0.15) is 33.2 Å². The highest BCUT2D eigenvalue weighted by atomic mass is 79.9. The van der Waals surface area contributed by atoms with Crippen LogP contribution in [0, 0.1) is 0 Å². The van der Waals surface area contributed by atoms with E-state index < -0.39 is 0 Å². The van der Waals surface area contributed by atoms with E-state index in [1.807, 2.05) is 43.3 Å². The van der Waals surface area contributed by atoms with Crippen molar-refractivity contribution in [3.8, 4) is 5.69 Å². The molecule has 0 aliphatic rings. The van der Waals surface area contributed by atoms with E-state index in [2.05, 4.69) is 21.0 Å². The van der Waals surface area contributed by atoms with E-state index in [-0.39, 0.29) is 11.8 Å². The van der Waals surface area contributed by atoms with Gasteiger partial charge < -0.3 is 9.80 Å². The van der Waals surface area contributed by atoms with Crippen LogP contribution in [0.25, 0.3) is 5.69 Å². The zero-order valence-corrected chi connectivity index (χ0v) is 18.3. The van der Waals surface area contributed by atoms with Crippen molar-refractivity contribution in [2.75, 3.05) is 20.6 Å². The first-order valence-electron chi connectivity index (χ1n) is 9.29. The molecule has 3 rings (SSSR count). The average molecular weight is 455 g/mol. The van der Waals surface area contributed by atoms with Crippen molar-refractivity contribution in [2.45, 2.75) is 13.5 Å². The molecule has 6 nitrogen and oxygen atoms in total. The molecule has 2 aromatic carbocycles. The normalized spacial score (nSPS) is 10.6. The van der Waals surface area contributed by atoms with Crippen LogP contribution in [-0.2, 0) is 6.54 Å². The number of carbonyl (C=O) groups is 2. The van der Waals surface area contributed by atoms with Crippen molar-refractivity contribution in [3.05, 3.63) is 82.1 Å². The number of aromatic nitrogens is 2. The summed E-state index contributed by atoms with van der Waals surface area (Å²) in [6.45, 7) is 2.98. The first-order valence-corrected chi connectivity index (χ1v) is 10.1. The van der Waals surface area contributed by atoms with Crippen molar-refractivity contribution in [3.63, 3.8) is 0 Å². The van der Waals surface area contributed by atoms with E-state index in [1.165, 1.54) is 0 Å². The third kappa shape index (κ3) is 4.92. The second-order valence-corrected chi connectivity index (χ2v) is 7.78. The van der Waals surface area contributed by atoms with Crippen LogP contribution in [0.3, 0.4) is 0 Å². The number of halogens is 1. The minimum atomic E-state index is -0.0793. The van der Waals surface area contributed by atoms with Crippen LogP contribution in [0.5, 0.6) is 0 Å². The molecule has 0 saturated heterocycles. The van der Waals surface area contributed by atoms with Gasteiger partial charge >= 0.3 is 0 Å². The predicted molar refractivity (Wildman–Crippen MR) is 116 cm³/mol. The summed E-state index contributed by atoms with van der Waals surface area (Å²) >= 11 is 3.41. The highest BCUT2D eigenvalue weighted by Gasteiger charge is 2.17. The Bertz CT molecular complexity index is 994. The molecule has 7 heteroatoms. The summed E-state index contributed by atoms with van der Waals surface area (Å²) in [5, 5.41) is 4.32. The third-order valence-corrected chi connectivity index (χ3v) is 5.10. The molecule has 1 heterocycles. The Morgan fingerprint density at radius 2 is 1.62 bits per heavy atom. The monoisotopic (exact) mass is 454 g/mol. The van der Waals surface area contributed by atoms with E-state index in [1.54, 1.807) is 53.1 Å². The number of nitrogens with zero attached hydrogens (tertiary/aromatic N) is 4. The van der Waals surface area contributed by atoms with Gasteiger partial charge in [0, 0.05) is 43.4 Å². The van der Waals surface area contributed by atoms with E-state index in [4.69, 9.17) is 0 Å². The van der Waals surface area contributed by atoms with Gasteiger partial charge in [-0.3, -0.25) is 9.59 Å². The fraction of sp³-hybridized carbons (Fsp3) is 0.227. The molecule has 29 heavy (non-hydrogen) atoms. The molecule has 2 amide bonds. The molecular weight excluding hydrogens is 432 g/mol. The van der Waals surface area contributed by atoms with Crippen molar-refractivity contribution in [1.29, 1.82) is 0 Å². The lowest BCUT2D eigenvalue weighted by Crippen LogP contribution is -2.30. The summed E-state index contributed by atoms with van der Waals surface area (Å²) < 4.78 is 2.68. The van der Waals surface area contributed by atoms with E-state index in [0.29, 0.717) is 24.2 Å². The number of benzene rings is 2. The lowest BCUT2D eigenvalue weighted by Gasteiger charge is -2.20. The first-order chi connectivity index (χ1) is 13.9. The molecule has 0 radical (unpaired) electrons. The van der Waals surface area contributed by atoms with Crippen molar-refractivity contribution < 1.29 is 9.59 Å². The maximum absolute atomic E-state index is 12.9. The zero-order chi connectivity index (χ0) is 21.0. The molecule has 0 atom stereocenters.